The summed E-state index contributed by atoms with van der Waals surface area (Å²) < 4.78 is 0. The summed E-state index contributed by atoms with van der Waals surface area (Å²) >= 11 is 12.2. The van der Waals surface area contributed by atoms with Gasteiger partial charge in [0.2, 0.25) is 0 Å². The molecule has 21 heavy (non-hydrogen) atoms. The molecule has 1 heterocycles. The highest BCUT2D eigenvalue weighted by molar-refractivity contribution is 6.42. The number of rotatable bonds is 5. The Bertz CT molecular complexity index is 482. The van der Waals surface area contributed by atoms with Gasteiger partial charge in [0.15, 0.2) is 0 Å². The van der Waals surface area contributed by atoms with E-state index in [4.69, 9.17) is 23.2 Å². The maximum Gasteiger partial charge on any atom is 0.0595 e. The predicted molar refractivity (Wildman–Crippen MR) is 90.2 cm³/mol. The van der Waals surface area contributed by atoms with Gasteiger partial charge in [-0.2, -0.15) is 0 Å². The van der Waals surface area contributed by atoms with Crippen molar-refractivity contribution in [1.82, 2.24) is 10.2 Å². The lowest BCUT2D eigenvalue weighted by Crippen LogP contribution is -2.45. The lowest BCUT2D eigenvalue weighted by molar-refractivity contribution is 0.167. The highest BCUT2D eigenvalue weighted by atomic mass is 35.5. The quantitative estimate of drug-likeness (QED) is 0.846. The Balaban J connectivity index is 1.71. The molecule has 1 saturated carbocycles. The molecule has 1 aliphatic heterocycles. The molecule has 2 fully saturated rings. The summed E-state index contributed by atoms with van der Waals surface area (Å²) in [4.78, 5) is 2.66. The fraction of sp³-hybridized carbons (Fsp3) is 0.647. The monoisotopic (exact) mass is 326 g/mol. The van der Waals surface area contributed by atoms with E-state index in [1.165, 1.54) is 44.2 Å². The summed E-state index contributed by atoms with van der Waals surface area (Å²) in [6.45, 7) is 4.61. The molecule has 1 N–H and O–H groups in total. The molecule has 0 radical (unpaired) electrons. The van der Waals surface area contributed by atoms with Gasteiger partial charge < -0.3 is 5.32 Å². The largest absolute Gasteiger partial charge is 0.313 e. The Morgan fingerprint density at radius 3 is 2.62 bits per heavy atom. The maximum atomic E-state index is 6.19. The average molecular weight is 327 g/mol. The van der Waals surface area contributed by atoms with Crippen LogP contribution in [0, 0.1) is 0 Å². The van der Waals surface area contributed by atoms with Crippen LogP contribution in [0.4, 0.5) is 0 Å². The average Bonchev–Trinajstić information content (AvgIpc) is 3.33. The number of nitrogens with one attached hydrogen (secondary N) is 1. The van der Waals surface area contributed by atoms with E-state index < -0.39 is 0 Å². The summed E-state index contributed by atoms with van der Waals surface area (Å²) in [6.07, 6.45) is 6.65. The standard InChI is InChI=1S/C17H24Cl2N2/c1-12(13-5-8-16(18)17(19)10-13)21(15-6-7-15)11-14-4-2-3-9-20-14/h5,8,10,12,14-15,20H,2-4,6-7,9,11H2,1H3. The number of piperidine rings is 1. The van der Waals surface area contributed by atoms with Gasteiger partial charge >= 0.3 is 0 Å². The summed E-state index contributed by atoms with van der Waals surface area (Å²) in [5, 5.41) is 4.97. The van der Waals surface area contributed by atoms with Gasteiger partial charge in [-0.1, -0.05) is 35.7 Å². The summed E-state index contributed by atoms with van der Waals surface area (Å²) in [6, 6.07) is 7.85. The maximum absolute atomic E-state index is 6.19. The molecule has 4 heteroatoms. The van der Waals surface area contributed by atoms with Gasteiger partial charge in [-0.25, -0.2) is 0 Å². The normalized spacial score (nSPS) is 24.3. The van der Waals surface area contributed by atoms with Crippen LogP contribution < -0.4 is 5.32 Å². The molecule has 3 rings (SSSR count). The van der Waals surface area contributed by atoms with Crippen LogP contribution >= 0.6 is 23.2 Å². The first kappa shape index (κ1) is 15.6. The zero-order valence-corrected chi connectivity index (χ0v) is 14.1. The molecule has 2 nitrogen and oxygen atoms in total. The zero-order valence-electron chi connectivity index (χ0n) is 12.6. The minimum atomic E-state index is 0.399. The second-order valence-electron chi connectivity index (χ2n) is 6.42. The number of benzene rings is 1. The Hall–Kier alpha value is -0.280. The molecule has 1 aromatic rings. The van der Waals surface area contributed by atoms with Crippen molar-refractivity contribution in [1.29, 1.82) is 0 Å². The van der Waals surface area contributed by atoms with Crippen molar-refractivity contribution in [2.24, 2.45) is 0 Å². The van der Waals surface area contributed by atoms with Crippen molar-refractivity contribution in [3.05, 3.63) is 33.8 Å². The van der Waals surface area contributed by atoms with E-state index in [0.29, 0.717) is 22.1 Å². The Kier molecular flexibility index (Phi) is 5.11. The molecule has 1 saturated heterocycles. The number of hydrogen-bond donors (Lipinski definition) is 1. The fourth-order valence-corrected chi connectivity index (χ4v) is 3.63. The third-order valence-corrected chi connectivity index (χ3v) is 5.52. The van der Waals surface area contributed by atoms with Crippen LogP contribution in [0.3, 0.4) is 0 Å². The van der Waals surface area contributed by atoms with Gasteiger partial charge in [-0.15, -0.1) is 0 Å². The summed E-state index contributed by atoms with van der Waals surface area (Å²) in [7, 11) is 0. The van der Waals surface area contributed by atoms with Gasteiger partial charge in [0.25, 0.3) is 0 Å². The minimum absolute atomic E-state index is 0.399. The molecule has 0 amide bonds. The van der Waals surface area contributed by atoms with Crippen LogP contribution in [0.5, 0.6) is 0 Å². The van der Waals surface area contributed by atoms with Gasteiger partial charge in [-0.3, -0.25) is 4.90 Å². The lowest BCUT2D eigenvalue weighted by atomic mass is 10.0. The molecular weight excluding hydrogens is 303 g/mol. The van der Waals surface area contributed by atoms with Crippen LogP contribution in [0.2, 0.25) is 10.0 Å². The van der Waals surface area contributed by atoms with Crippen molar-refractivity contribution in [2.75, 3.05) is 13.1 Å². The molecule has 1 aliphatic carbocycles. The highest BCUT2D eigenvalue weighted by Crippen LogP contribution is 2.36. The first-order valence-electron chi connectivity index (χ1n) is 8.09. The number of halogens is 2. The van der Waals surface area contributed by atoms with Gasteiger partial charge in [0.05, 0.1) is 10.0 Å². The molecule has 0 spiro atoms. The first-order valence-corrected chi connectivity index (χ1v) is 8.85. The third kappa shape index (κ3) is 3.92. The van der Waals surface area contributed by atoms with E-state index >= 15 is 0 Å². The van der Waals surface area contributed by atoms with E-state index in [1.807, 2.05) is 12.1 Å². The molecule has 2 atom stereocenters. The van der Waals surface area contributed by atoms with Crippen molar-refractivity contribution in [3.8, 4) is 0 Å². The second kappa shape index (κ2) is 6.87. The van der Waals surface area contributed by atoms with Gasteiger partial charge in [-0.05, 0) is 56.8 Å². The molecule has 0 bridgehead atoms. The van der Waals surface area contributed by atoms with Crippen molar-refractivity contribution < 1.29 is 0 Å². The predicted octanol–water partition coefficient (Wildman–Crippen LogP) is 4.66. The van der Waals surface area contributed by atoms with E-state index in [0.717, 1.165) is 12.6 Å². The summed E-state index contributed by atoms with van der Waals surface area (Å²) in [5.41, 5.74) is 1.27. The van der Waals surface area contributed by atoms with E-state index in [9.17, 15) is 0 Å². The van der Waals surface area contributed by atoms with Gasteiger partial charge in [0, 0.05) is 24.7 Å². The van der Waals surface area contributed by atoms with Crippen molar-refractivity contribution >= 4 is 23.2 Å². The van der Waals surface area contributed by atoms with E-state index in [2.05, 4.69) is 23.2 Å². The second-order valence-corrected chi connectivity index (χ2v) is 7.24. The zero-order chi connectivity index (χ0) is 14.8. The molecular formula is C17H24Cl2N2. The minimum Gasteiger partial charge on any atom is -0.313 e. The molecule has 0 aromatic heterocycles. The van der Waals surface area contributed by atoms with E-state index in [1.54, 1.807) is 0 Å². The fourth-order valence-electron chi connectivity index (χ4n) is 3.33. The molecule has 1 aromatic carbocycles. The highest BCUT2D eigenvalue weighted by Gasteiger charge is 2.34. The molecule has 2 unspecified atom stereocenters. The topological polar surface area (TPSA) is 15.3 Å². The van der Waals surface area contributed by atoms with E-state index in [-0.39, 0.29) is 0 Å². The van der Waals surface area contributed by atoms with Crippen LogP contribution in [0.15, 0.2) is 18.2 Å². The SMILES string of the molecule is CC(c1ccc(Cl)c(Cl)c1)N(CC1CCCCN1)C1CC1. The van der Waals surface area contributed by atoms with Crippen molar-refractivity contribution in [2.45, 2.75) is 57.2 Å². The lowest BCUT2D eigenvalue weighted by Gasteiger charge is -2.35. The first-order chi connectivity index (χ1) is 10.1. The number of nitrogens with zero attached hydrogens (tertiary/aromatic N) is 1. The van der Waals surface area contributed by atoms with Crippen LogP contribution in [-0.2, 0) is 0 Å². The molecule has 116 valence electrons. The summed E-state index contributed by atoms with van der Waals surface area (Å²) in [5.74, 6) is 0. The van der Waals surface area contributed by atoms with Crippen molar-refractivity contribution in [3.63, 3.8) is 0 Å². The number of hydrogen-bond acceptors (Lipinski definition) is 2. The van der Waals surface area contributed by atoms with Crippen LogP contribution in [-0.4, -0.2) is 30.1 Å². The Labute approximate surface area is 137 Å². The van der Waals surface area contributed by atoms with Crippen LogP contribution in [0.25, 0.3) is 0 Å². The molecule has 2 aliphatic rings. The Morgan fingerprint density at radius 1 is 1.19 bits per heavy atom. The smallest absolute Gasteiger partial charge is 0.0595 e. The third-order valence-electron chi connectivity index (χ3n) is 4.78. The van der Waals surface area contributed by atoms with Crippen LogP contribution in [0.1, 0.15) is 50.6 Å². The Morgan fingerprint density at radius 2 is 2.00 bits per heavy atom. The van der Waals surface area contributed by atoms with Gasteiger partial charge in [0.1, 0.15) is 0 Å².